The number of hydrogen-bond acceptors (Lipinski definition) is 2. The summed E-state index contributed by atoms with van der Waals surface area (Å²) in [5, 5.41) is 3.83. The molecule has 0 radical (unpaired) electrons. The highest BCUT2D eigenvalue weighted by Crippen LogP contribution is 2.14. The van der Waals surface area contributed by atoms with Crippen LogP contribution >= 0.6 is 0 Å². The molecule has 1 unspecified atom stereocenters. The smallest absolute Gasteiger partial charge is 0.0217 e. The van der Waals surface area contributed by atoms with E-state index < -0.39 is 0 Å². The maximum absolute atomic E-state index is 3.83. The predicted molar refractivity (Wildman–Crippen MR) is 87.6 cm³/mol. The minimum Gasteiger partial charge on any atom is -0.312 e. The van der Waals surface area contributed by atoms with Gasteiger partial charge in [-0.1, -0.05) is 41.5 Å². The van der Waals surface area contributed by atoms with Gasteiger partial charge in [0.05, 0.1) is 0 Å². The minimum absolute atomic E-state index is 0.654. The molecule has 0 fully saturated rings. The average molecular weight is 271 g/mol. The van der Waals surface area contributed by atoms with E-state index in [-0.39, 0.29) is 0 Å². The monoisotopic (exact) mass is 270 g/mol. The van der Waals surface area contributed by atoms with Crippen LogP contribution in [0.25, 0.3) is 0 Å². The largest absolute Gasteiger partial charge is 0.312 e. The molecule has 116 valence electrons. The van der Waals surface area contributed by atoms with Crippen LogP contribution in [0.4, 0.5) is 0 Å². The van der Waals surface area contributed by atoms with Gasteiger partial charge in [0.25, 0.3) is 0 Å². The lowest BCUT2D eigenvalue weighted by atomic mass is 9.95. The molecular formula is C17H38N2. The van der Waals surface area contributed by atoms with E-state index in [1.165, 1.54) is 19.3 Å². The van der Waals surface area contributed by atoms with Crippen molar-refractivity contribution in [1.29, 1.82) is 0 Å². The maximum Gasteiger partial charge on any atom is 0.0217 e. The van der Waals surface area contributed by atoms with E-state index in [2.05, 4.69) is 65.9 Å². The van der Waals surface area contributed by atoms with E-state index in [0.717, 1.165) is 24.3 Å². The van der Waals surface area contributed by atoms with Crippen molar-refractivity contribution < 1.29 is 0 Å². The van der Waals surface area contributed by atoms with Crippen molar-refractivity contribution >= 4 is 0 Å². The van der Waals surface area contributed by atoms with Gasteiger partial charge in [0, 0.05) is 18.6 Å². The molecule has 0 aliphatic carbocycles. The molecule has 2 heteroatoms. The van der Waals surface area contributed by atoms with Gasteiger partial charge in [-0.25, -0.2) is 0 Å². The first-order chi connectivity index (χ1) is 8.72. The Hall–Kier alpha value is -0.0800. The lowest BCUT2D eigenvalue weighted by molar-refractivity contribution is 0.230. The second-order valence-corrected chi connectivity index (χ2v) is 7.61. The fourth-order valence-electron chi connectivity index (χ4n) is 2.72. The molecule has 0 saturated carbocycles. The molecule has 1 N–H and O–H groups in total. The normalized spacial score (nSPS) is 14.4. The zero-order valence-corrected chi connectivity index (χ0v) is 14.7. The third kappa shape index (κ3) is 10.4. The Balaban J connectivity index is 4.31. The third-order valence-electron chi connectivity index (χ3n) is 3.63. The van der Waals surface area contributed by atoms with Crippen LogP contribution in [0.2, 0.25) is 0 Å². The van der Waals surface area contributed by atoms with Crippen LogP contribution < -0.4 is 5.32 Å². The summed E-state index contributed by atoms with van der Waals surface area (Å²) >= 11 is 0. The van der Waals surface area contributed by atoms with Gasteiger partial charge in [-0.2, -0.15) is 0 Å². The standard InChI is InChI=1S/C17H38N2/c1-13(2)9-16(10-14(3)4)18-12-17(19(7)8)11-15(5)6/h13-18H,9-12H2,1-8H3. The Bertz CT molecular complexity index is 199. The molecule has 1 atom stereocenters. The van der Waals surface area contributed by atoms with E-state index in [4.69, 9.17) is 0 Å². The van der Waals surface area contributed by atoms with Crippen LogP contribution in [0.5, 0.6) is 0 Å². The first kappa shape index (κ1) is 18.9. The van der Waals surface area contributed by atoms with Crippen LogP contribution in [-0.4, -0.2) is 37.6 Å². The molecule has 0 bridgehead atoms. The van der Waals surface area contributed by atoms with Gasteiger partial charge >= 0.3 is 0 Å². The molecule has 0 aromatic heterocycles. The second-order valence-electron chi connectivity index (χ2n) is 7.61. The van der Waals surface area contributed by atoms with Gasteiger partial charge in [-0.05, 0) is 51.1 Å². The molecule has 0 aliphatic heterocycles. The van der Waals surface area contributed by atoms with Crippen LogP contribution in [0, 0.1) is 17.8 Å². The lowest BCUT2D eigenvalue weighted by Crippen LogP contribution is -2.43. The lowest BCUT2D eigenvalue weighted by Gasteiger charge is -2.30. The van der Waals surface area contributed by atoms with Gasteiger partial charge in [0.2, 0.25) is 0 Å². The number of rotatable bonds is 10. The molecule has 0 rings (SSSR count). The summed E-state index contributed by atoms with van der Waals surface area (Å²) < 4.78 is 0. The number of nitrogens with zero attached hydrogens (tertiary/aromatic N) is 1. The molecule has 0 spiro atoms. The van der Waals surface area contributed by atoms with Gasteiger partial charge in [-0.3, -0.25) is 0 Å². The fraction of sp³-hybridized carbons (Fsp3) is 1.00. The Kier molecular flexibility index (Phi) is 9.72. The maximum atomic E-state index is 3.83. The minimum atomic E-state index is 0.654. The predicted octanol–water partition coefficient (Wildman–Crippen LogP) is 4.01. The third-order valence-corrected chi connectivity index (χ3v) is 3.63. The first-order valence-corrected chi connectivity index (χ1v) is 8.12. The van der Waals surface area contributed by atoms with E-state index in [1.807, 2.05) is 0 Å². The van der Waals surface area contributed by atoms with Gasteiger partial charge in [0.1, 0.15) is 0 Å². The van der Waals surface area contributed by atoms with Gasteiger partial charge in [-0.15, -0.1) is 0 Å². The van der Waals surface area contributed by atoms with Gasteiger partial charge in [0.15, 0.2) is 0 Å². The number of hydrogen-bond donors (Lipinski definition) is 1. The Morgan fingerprint density at radius 2 is 1.16 bits per heavy atom. The molecule has 0 amide bonds. The van der Waals surface area contributed by atoms with Crippen LogP contribution in [0.3, 0.4) is 0 Å². The van der Waals surface area contributed by atoms with Crippen molar-refractivity contribution in [2.45, 2.75) is 72.9 Å². The van der Waals surface area contributed by atoms with Crippen molar-refractivity contribution in [3.8, 4) is 0 Å². The van der Waals surface area contributed by atoms with E-state index >= 15 is 0 Å². The Morgan fingerprint density at radius 1 is 0.737 bits per heavy atom. The molecule has 0 saturated heterocycles. The number of likely N-dealkylation sites (N-methyl/N-ethyl adjacent to an activating group) is 1. The summed E-state index contributed by atoms with van der Waals surface area (Å²) in [6, 6.07) is 1.33. The van der Waals surface area contributed by atoms with Crippen LogP contribution in [-0.2, 0) is 0 Å². The average Bonchev–Trinajstić information content (AvgIpc) is 2.21. The molecule has 19 heavy (non-hydrogen) atoms. The van der Waals surface area contributed by atoms with E-state index in [1.54, 1.807) is 0 Å². The molecule has 0 aromatic carbocycles. The van der Waals surface area contributed by atoms with Crippen molar-refractivity contribution in [1.82, 2.24) is 10.2 Å². The second kappa shape index (κ2) is 9.77. The number of nitrogens with one attached hydrogen (secondary N) is 1. The summed E-state index contributed by atoms with van der Waals surface area (Å²) in [4.78, 5) is 2.37. The van der Waals surface area contributed by atoms with Crippen LogP contribution in [0.15, 0.2) is 0 Å². The van der Waals surface area contributed by atoms with Crippen molar-refractivity contribution in [3.63, 3.8) is 0 Å². The first-order valence-electron chi connectivity index (χ1n) is 8.12. The SMILES string of the molecule is CC(C)CC(CC(C)C)NCC(CC(C)C)N(C)C. The zero-order chi connectivity index (χ0) is 15.0. The molecule has 2 nitrogen and oxygen atoms in total. The molecule has 0 aliphatic rings. The van der Waals surface area contributed by atoms with Crippen molar-refractivity contribution in [2.24, 2.45) is 17.8 Å². The summed E-state index contributed by atoms with van der Waals surface area (Å²) in [5.41, 5.74) is 0. The Labute approximate surface area is 122 Å². The van der Waals surface area contributed by atoms with Crippen molar-refractivity contribution in [2.75, 3.05) is 20.6 Å². The molecular weight excluding hydrogens is 232 g/mol. The highest BCUT2D eigenvalue weighted by molar-refractivity contribution is 4.76. The summed E-state index contributed by atoms with van der Waals surface area (Å²) in [6.07, 6.45) is 3.86. The molecule has 0 heterocycles. The fourth-order valence-corrected chi connectivity index (χ4v) is 2.72. The topological polar surface area (TPSA) is 15.3 Å². The zero-order valence-electron chi connectivity index (χ0n) is 14.7. The Morgan fingerprint density at radius 3 is 1.47 bits per heavy atom. The quantitative estimate of drug-likeness (QED) is 0.645. The summed E-state index contributed by atoms with van der Waals surface area (Å²) in [7, 11) is 4.41. The van der Waals surface area contributed by atoms with Crippen LogP contribution in [0.1, 0.15) is 60.8 Å². The summed E-state index contributed by atoms with van der Waals surface area (Å²) in [6.45, 7) is 15.1. The highest BCUT2D eigenvalue weighted by Gasteiger charge is 2.17. The van der Waals surface area contributed by atoms with Gasteiger partial charge < -0.3 is 10.2 Å². The molecule has 0 aromatic rings. The van der Waals surface area contributed by atoms with E-state index in [9.17, 15) is 0 Å². The highest BCUT2D eigenvalue weighted by atomic mass is 15.1. The van der Waals surface area contributed by atoms with Crippen molar-refractivity contribution in [3.05, 3.63) is 0 Å². The summed E-state index contributed by atoms with van der Waals surface area (Å²) in [5.74, 6) is 2.32. The van der Waals surface area contributed by atoms with E-state index in [0.29, 0.717) is 12.1 Å².